The molecule has 2 aromatic rings. The van der Waals surface area contributed by atoms with E-state index in [-0.39, 0.29) is 6.61 Å². The van der Waals surface area contributed by atoms with Crippen LogP contribution in [0.5, 0.6) is 11.5 Å². The van der Waals surface area contributed by atoms with Crippen LogP contribution in [-0.2, 0) is 10.3 Å². The smallest absolute Gasteiger partial charge is 0.133 e. The quantitative estimate of drug-likeness (QED) is 0.640. The van der Waals surface area contributed by atoms with Crippen molar-refractivity contribution in [2.45, 2.75) is 37.7 Å². The average Bonchev–Trinajstić information content (AvgIpc) is 2.74. The maximum atomic E-state index is 9.29. The number of nitrogens with one attached hydrogen (secondary N) is 1. The lowest BCUT2D eigenvalue weighted by Crippen LogP contribution is -2.45. The highest BCUT2D eigenvalue weighted by atomic mass is 16.5. The molecule has 1 aliphatic heterocycles. The summed E-state index contributed by atoms with van der Waals surface area (Å²) in [6.07, 6.45) is 4.84. The van der Waals surface area contributed by atoms with Gasteiger partial charge in [-0.25, -0.2) is 0 Å². The van der Waals surface area contributed by atoms with Crippen molar-refractivity contribution in [3.8, 4) is 11.5 Å². The molecule has 2 atom stereocenters. The Labute approximate surface area is 162 Å². The first-order valence-electron chi connectivity index (χ1n) is 9.99. The third-order valence-corrected chi connectivity index (χ3v) is 5.59. The minimum Gasteiger partial charge on any atom is -0.457 e. The molecule has 0 unspecified atom stereocenters. The van der Waals surface area contributed by atoms with Crippen molar-refractivity contribution in [2.24, 2.45) is 5.92 Å². The van der Waals surface area contributed by atoms with Crippen molar-refractivity contribution in [3.63, 3.8) is 0 Å². The Bertz CT molecular complexity index is 685. The van der Waals surface area contributed by atoms with Crippen LogP contribution in [0.25, 0.3) is 0 Å². The Morgan fingerprint density at radius 3 is 2.56 bits per heavy atom. The van der Waals surface area contributed by atoms with Gasteiger partial charge in [0.05, 0.1) is 0 Å². The van der Waals surface area contributed by atoms with Gasteiger partial charge in [0.25, 0.3) is 0 Å². The summed E-state index contributed by atoms with van der Waals surface area (Å²) in [4.78, 5) is 0. The summed E-state index contributed by atoms with van der Waals surface area (Å²) in [5, 5.41) is 12.8. The van der Waals surface area contributed by atoms with Gasteiger partial charge in [0.15, 0.2) is 0 Å². The zero-order valence-electron chi connectivity index (χ0n) is 16.2. The van der Waals surface area contributed by atoms with Crippen molar-refractivity contribution in [1.29, 1.82) is 0 Å². The van der Waals surface area contributed by atoms with Gasteiger partial charge in [-0.1, -0.05) is 36.4 Å². The van der Waals surface area contributed by atoms with Gasteiger partial charge in [-0.3, -0.25) is 0 Å². The van der Waals surface area contributed by atoms with Crippen LogP contribution in [0.3, 0.4) is 0 Å². The van der Waals surface area contributed by atoms with Crippen molar-refractivity contribution < 1.29 is 14.6 Å². The van der Waals surface area contributed by atoms with Gasteiger partial charge in [-0.05, 0) is 56.8 Å². The SMILES string of the molecule is CO[C@](CCCCO)(c1ccccc1Oc1ccccc1)[C@@H]1CCCNC1. The number of benzene rings is 2. The van der Waals surface area contributed by atoms with Crippen LogP contribution in [0, 0.1) is 5.92 Å². The molecule has 2 aromatic carbocycles. The third kappa shape index (κ3) is 4.70. The van der Waals surface area contributed by atoms with Gasteiger partial charge < -0.3 is 19.9 Å². The number of ether oxygens (including phenoxy) is 2. The second-order valence-corrected chi connectivity index (χ2v) is 7.23. The molecular weight excluding hydrogens is 338 g/mol. The predicted molar refractivity (Wildman–Crippen MR) is 108 cm³/mol. The number of aliphatic hydroxyl groups excluding tert-OH is 1. The van der Waals surface area contributed by atoms with E-state index in [0.717, 1.165) is 62.3 Å². The number of hydrogen-bond acceptors (Lipinski definition) is 4. The lowest BCUT2D eigenvalue weighted by Gasteiger charge is -2.43. The highest BCUT2D eigenvalue weighted by Gasteiger charge is 2.42. The molecule has 3 rings (SSSR count). The molecule has 146 valence electrons. The molecule has 0 aromatic heterocycles. The number of methoxy groups -OCH3 is 1. The minimum absolute atomic E-state index is 0.213. The van der Waals surface area contributed by atoms with Crippen LogP contribution < -0.4 is 10.1 Å². The number of hydrogen-bond donors (Lipinski definition) is 2. The first-order valence-corrected chi connectivity index (χ1v) is 9.99. The monoisotopic (exact) mass is 369 g/mol. The van der Waals surface area contributed by atoms with Crippen LogP contribution >= 0.6 is 0 Å². The van der Waals surface area contributed by atoms with Gasteiger partial charge in [0.1, 0.15) is 17.1 Å². The standard InChI is InChI=1S/C23H31NO3/c1-26-23(15-7-8-17-25,19-10-9-16-24-18-19)21-13-5-6-14-22(21)27-20-11-3-2-4-12-20/h2-6,11-14,19,24-25H,7-10,15-18H2,1H3/t19-,23+/m1/s1. The lowest BCUT2D eigenvalue weighted by atomic mass is 9.74. The molecular formula is C23H31NO3. The van der Waals surface area contributed by atoms with E-state index in [1.165, 1.54) is 0 Å². The molecule has 4 nitrogen and oxygen atoms in total. The fourth-order valence-electron chi connectivity index (χ4n) is 4.21. The molecule has 0 radical (unpaired) electrons. The molecule has 1 aliphatic rings. The summed E-state index contributed by atoms with van der Waals surface area (Å²) in [5.41, 5.74) is 0.677. The molecule has 2 N–H and O–H groups in total. The molecule has 0 spiro atoms. The normalized spacial score (nSPS) is 19.4. The summed E-state index contributed by atoms with van der Waals surface area (Å²) < 4.78 is 12.6. The van der Waals surface area contributed by atoms with E-state index in [4.69, 9.17) is 9.47 Å². The van der Waals surface area contributed by atoms with Crippen LogP contribution in [0.15, 0.2) is 54.6 Å². The Hall–Kier alpha value is -1.88. The highest BCUT2D eigenvalue weighted by Crippen LogP contribution is 2.45. The zero-order chi connectivity index (χ0) is 19.0. The van der Waals surface area contributed by atoms with Crippen molar-refractivity contribution in [3.05, 3.63) is 60.2 Å². The summed E-state index contributed by atoms with van der Waals surface area (Å²) in [7, 11) is 1.81. The summed E-state index contributed by atoms with van der Waals surface area (Å²) in [6, 6.07) is 18.1. The molecule has 27 heavy (non-hydrogen) atoms. The van der Waals surface area contributed by atoms with Crippen LogP contribution in [-0.4, -0.2) is 31.9 Å². The molecule has 0 aliphatic carbocycles. The molecule has 0 saturated carbocycles. The maximum absolute atomic E-state index is 9.29. The van der Waals surface area contributed by atoms with Gasteiger partial charge in [-0.2, -0.15) is 0 Å². The lowest BCUT2D eigenvalue weighted by molar-refractivity contribution is -0.0808. The van der Waals surface area contributed by atoms with E-state index in [9.17, 15) is 5.11 Å². The molecule has 1 saturated heterocycles. The van der Waals surface area contributed by atoms with Gasteiger partial charge in [0, 0.05) is 31.7 Å². The van der Waals surface area contributed by atoms with Gasteiger partial charge in [-0.15, -0.1) is 0 Å². The Morgan fingerprint density at radius 1 is 1.07 bits per heavy atom. The molecule has 1 heterocycles. The number of aliphatic hydroxyl groups is 1. The molecule has 0 amide bonds. The summed E-state index contributed by atoms with van der Waals surface area (Å²) >= 11 is 0. The second-order valence-electron chi connectivity index (χ2n) is 7.23. The number of unbranched alkanes of at least 4 members (excludes halogenated alkanes) is 1. The largest absolute Gasteiger partial charge is 0.457 e. The molecule has 1 fully saturated rings. The second kappa shape index (κ2) is 9.88. The highest BCUT2D eigenvalue weighted by molar-refractivity contribution is 5.42. The van der Waals surface area contributed by atoms with Crippen LogP contribution in [0.2, 0.25) is 0 Å². The Morgan fingerprint density at radius 2 is 1.85 bits per heavy atom. The predicted octanol–water partition coefficient (Wildman–Crippen LogP) is 4.48. The minimum atomic E-state index is -0.423. The van der Waals surface area contributed by atoms with Crippen molar-refractivity contribution in [1.82, 2.24) is 5.32 Å². The van der Waals surface area contributed by atoms with Crippen LogP contribution in [0.4, 0.5) is 0 Å². The average molecular weight is 370 g/mol. The third-order valence-electron chi connectivity index (χ3n) is 5.59. The fourth-order valence-corrected chi connectivity index (χ4v) is 4.21. The van der Waals surface area contributed by atoms with Crippen molar-refractivity contribution >= 4 is 0 Å². The van der Waals surface area contributed by atoms with E-state index >= 15 is 0 Å². The van der Waals surface area contributed by atoms with Gasteiger partial charge >= 0.3 is 0 Å². The van der Waals surface area contributed by atoms with E-state index in [0.29, 0.717) is 5.92 Å². The van der Waals surface area contributed by atoms with Crippen molar-refractivity contribution in [2.75, 3.05) is 26.8 Å². The van der Waals surface area contributed by atoms with E-state index in [2.05, 4.69) is 17.4 Å². The Kier molecular flexibility index (Phi) is 7.27. The summed E-state index contributed by atoms with van der Waals surface area (Å²) in [5.74, 6) is 2.04. The van der Waals surface area contributed by atoms with Gasteiger partial charge in [0.2, 0.25) is 0 Å². The molecule has 4 heteroatoms. The number of rotatable bonds is 9. The first kappa shape index (κ1) is 19.9. The van der Waals surface area contributed by atoms with E-state index in [1.807, 2.05) is 49.6 Å². The fraction of sp³-hybridized carbons (Fsp3) is 0.478. The topological polar surface area (TPSA) is 50.7 Å². The van der Waals surface area contributed by atoms with E-state index in [1.54, 1.807) is 0 Å². The van der Waals surface area contributed by atoms with E-state index < -0.39 is 5.60 Å². The van der Waals surface area contributed by atoms with Crippen LogP contribution in [0.1, 0.15) is 37.7 Å². The number of para-hydroxylation sites is 2. The number of piperidine rings is 1. The first-order chi connectivity index (χ1) is 13.3. The Balaban J connectivity index is 1.97. The molecule has 0 bridgehead atoms. The zero-order valence-corrected chi connectivity index (χ0v) is 16.2. The maximum Gasteiger partial charge on any atom is 0.133 e. The summed E-state index contributed by atoms with van der Waals surface area (Å²) in [6.45, 7) is 2.21.